The van der Waals surface area contributed by atoms with Gasteiger partial charge >= 0.3 is 13.8 Å². The average Bonchev–Trinajstić information content (AvgIpc) is 2.16. The summed E-state index contributed by atoms with van der Waals surface area (Å²) in [5.41, 5.74) is 0. The first kappa shape index (κ1) is 13.1. The van der Waals surface area contributed by atoms with Crippen molar-refractivity contribution in [1.82, 2.24) is 0 Å². The predicted octanol–water partition coefficient (Wildman–Crippen LogP) is 0.332. The fourth-order valence-electron chi connectivity index (χ4n) is 0.284. The molecule has 0 amide bonds. The van der Waals surface area contributed by atoms with Gasteiger partial charge in [-0.05, 0) is 0 Å². The molecule has 0 aliphatic carbocycles. The van der Waals surface area contributed by atoms with E-state index in [2.05, 4.69) is 36.4 Å². The van der Waals surface area contributed by atoms with E-state index in [1.54, 1.807) is 0 Å². The monoisotopic (exact) mass is 254 g/mol. The van der Waals surface area contributed by atoms with Crippen molar-refractivity contribution in [3.05, 3.63) is 0 Å². The standard InChI is InChI=1S/C3H5Cl2O7P/c4-11-13(9,12-5)10-3(8)2(7)1-6/h2,6-7H,1H2. The van der Waals surface area contributed by atoms with Gasteiger partial charge in [0.25, 0.3) is 0 Å². The Bertz CT molecular complexity index is 212. The Labute approximate surface area is 83.1 Å². The molecule has 10 heteroatoms. The number of hydrogen-bond donors (Lipinski definition) is 2. The van der Waals surface area contributed by atoms with E-state index in [0.717, 1.165) is 0 Å². The van der Waals surface area contributed by atoms with Gasteiger partial charge in [-0.15, -0.1) is 0 Å². The topological polar surface area (TPSA) is 102 Å². The first-order chi connectivity index (χ1) is 5.99. The second kappa shape index (κ2) is 5.77. The minimum Gasteiger partial charge on any atom is -0.393 e. The number of aliphatic hydroxyl groups excluding tert-OH is 2. The van der Waals surface area contributed by atoms with Gasteiger partial charge in [0.1, 0.15) is 0 Å². The van der Waals surface area contributed by atoms with Crippen LogP contribution in [-0.2, 0) is 22.0 Å². The number of halogens is 2. The maximum absolute atomic E-state index is 10.8. The maximum Gasteiger partial charge on any atom is 0.565 e. The first-order valence-electron chi connectivity index (χ1n) is 2.72. The van der Waals surface area contributed by atoms with Crippen LogP contribution in [0.25, 0.3) is 0 Å². The highest BCUT2D eigenvalue weighted by Gasteiger charge is 2.34. The molecule has 0 radical (unpaired) electrons. The van der Waals surface area contributed by atoms with Gasteiger partial charge in [0, 0.05) is 0 Å². The van der Waals surface area contributed by atoms with Gasteiger partial charge in [-0.3, -0.25) is 0 Å². The molecule has 2 N–H and O–H groups in total. The highest BCUT2D eigenvalue weighted by molar-refractivity contribution is 7.51. The Balaban J connectivity index is 4.26. The maximum atomic E-state index is 10.8. The van der Waals surface area contributed by atoms with Crippen molar-refractivity contribution in [2.45, 2.75) is 6.10 Å². The number of aliphatic hydroxyl groups is 2. The fraction of sp³-hybridized carbons (Fsp3) is 0.667. The highest BCUT2D eigenvalue weighted by Crippen LogP contribution is 2.52. The lowest BCUT2D eigenvalue weighted by Gasteiger charge is -2.11. The fourth-order valence-corrected chi connectivity index (χ4v) is 1.13. The summed E-state index contributed by atoms with van der Waals surface area (Å²) in [6.45, 7) is -0.913. The van der Waals surface area contributed by atoms with Crippen LogP contribution < -0.4 is 0 Å². The molecule has 7 nitrogen and oxygen atoms in total. The van der Waals surface area contributed by atoms with Crippen LogP contribution in [0.15, 0.2) is 0 Å². The average molecular weight is 255 g/mol. The minimum absolute atomic E-state index is 0.913. The summed E-state index contributed by atoms with van der Waals surface area (Å²) >= 11 is 9.21. The van der Waals surface area contributed by atoms with Crippen LogP contribution in [0, 0.1) is 0 Å². The number of hydrogen-bond acceptors (Lipinski definition) is 7. The molecule has 0 aliphatic heterocycles. The van der Waals surface area contributed by atoms with Gasteiger partial charge < -0.3 is 14.7 Å². The van der Waals surface area contributed by atoms with Gasteiger partial charge in [0.05, 0.1) is 30.3 Å². The van der Waals surface area contributed by atoms with Crippen molar-refractivity contribution >= 4 is 37.5 Å². The summed E-state index contributed by atoms with van der Waals surface area (Å²) in [4.78, 5) is 10.6. The molecule has 0 aromatic heterocycles. The zero-order valence-electron chi connectivity index (χ0n) is 5.92. The number of carbonyl (C=O) groups is 1. The summed E-state index contributed by atoms with van der Waals surface area (Å²) < 4.78 is 21.9. The van der Waals surface area contributed by atoms with E-state index < -0.39 is 26.5 Å². The van der Waals surface area contributed by atoms with Gasteiger partial charge in [-0.2, -0.15) is 8.15 Å². The number of carbonyl (C=O) groups excluding carboxylic acids is 1. The Morgan fingerprint density at radius 1 is 1.46 bits per heavy atom. The van der Waals surface area contributed by atoms with Crippen molar-refractivity contribution in [1.29, 1.82) is 0 Å². The molecule has 0 heterocycles. The molecule has 0 saturated heterocycles. The molecule has 0 bridgehead atoms. The molecule has 0 spiro atoms. The third-order valence-corrected chi connectivity index (χ3v) is 2.57. The van der Waals surface area contributed by atoms with Crippen LogP contribution >= 0.6 is 31.6 Å². The normalized spacial score (nSPS) is 13.8. The van der Waals surface area contributed by atoms with Gasteiger partial charge in [-0.1, -0.05) is 0 Å². The second-order valence-corrected chi connectivity index (χ2v) is 3.88. The zero-order valence-corrected chi connectivity index (χ0v) is 8.33. The van der Waals surface area contributed by atoms with E-state index in [0.29, 0.717) is 0 Å². The molecule has 1 unspecified atom stereocenters. The van der Waals surface area contributed by atoms with Crippen LogP contribution in [0.2, 0.25) is 0 Å². The van der Waals surface area contributed by atoms with Crippen molar-refractivity contribution in [2.75, 3.05) is 6.61 Å². The van der Waals surface area contributed by atoms with E-state index in [9.17, 15) is 9.36 Å². The Hall–Kier alpha value is 0.120. The molecule has 0 aromatic carbocycles. The van der Waals surface area contributed by atoms with E-state index in [4.69, 9.17) is 10.2 Å². The van der Waals surface area contributed by atoms with Crippen molar-refractivity contribution in [3.63, 3.8) is 0 Å². The van der Waals surface area contributed by atoms with Crippen LogP contribution in [0.3, 0.4) is 0 Å². The van der Waals surface area contributed by atoms with E-state index in [1.807, 2.05) is 0 Å². The molecule has 0 saturated carbocycles. The Morgan fingerprint density at radius 2 is 1.92 bits per heavy atom. The molecule has 0 rings (SSSR count). The van der Waals surface area contributed by atoms with E-state index in [1.165, 1.54) is 0 Å². The molecule has 78 valence electrons. The molecular weight excluding hydrogens is 250 g/mol. The second-order valence-electron chi connectivity index (χ2n) is 1.69. The third kappa shape index (κ3) is 4.24. The van der Waals surface area contributed by atoms with Crippen LogP contribution in [0.4, 0.5) is 0 Å². The summed E-state index contributed by atoms with van der Waals surface area (Å²) in [5, 5.41) is 16.9. The smallest absolute Gasteiger partial charge is 0.393 e. The van der Waals surface area contributed by atoms with Gasteiger partial charge in [-0.25, -0.2) is 9.36 Å². The van der Waals surface area contributed by atoms with Crippen LogP contribution in [-0.4, -0.2) is 28.9 Å². The molecule has 0 aliphatic rings. The summed E-state index contributed by atoms with van der Waals surface area (Å²) in [7, 11) is -4.39. The minimum atomic E-state index is -4.39. The number of phosphoric acid groups is 1. The zero-order chi connectivity index (χ0) is 10.5. The van der Waals surface area contributed by atoms with Crippen molar-refractivity contribution < 1.29 is 32.2 Å². The van der Waals surface area contributed by atoms with Gasteiger partial charge in [0.15, 0.2) is 6.10 Å². The van der Waals surface area contributed by atoms with Crippen molar-refractivity contribution in [3.8, 4) is 0 Å². The lowest BCUT2D eigenvalue weighted by molar-refractivity contribution is -0.146. The Kier molecular flexibility index (Phi) is 5.82. The van der Waals surface area contributed by atoms with E-state index in [-0.39, 0.29) is 0 Å². The van der Waals surface area contributed by atoms with Crippen LogP contribution in [0.5, 0.6) is 0 Å². The summed E-state index contributed by atoms with van der Waals surface area (Å²) in [5.74, 6) is -1.44. The number of rotatable bonds is 5. The third-order valence-electron chi connectivity index (χ3n) is 0.816. The quantitative estimate of drug-likeness (QED) is 0.682. The molecule has 13 heavy (non-hydrogen) atoms. The van der Waals surface area contributed by atoms with Crippen LogP contribution in [0.1, 0.15) is 0 Å². The lowest BCUT2D eigenvalue weighted by Crippen LogP contribution is -2.25. The lowest BCUT2D eigenvalue weighted by atomic mass is 10.4. The largest absolute Gasteiger partial charge is 0.565 e. The Morgan fingerprint density at radius 3 is 2.23 bits per heavy atom. The summed E-state index contributed by atoms with van der Waals surface area (Å²) in [6.07, 6.45) is -1.87. The predicted molar refractivity (Wildman–Crippen MR) is 40.7 cm³/mol. The first-order valence-corrected chi connectivity index (χ1v) is 4.80. The van der Waals surface area contributed by atoms with E-state index >= 15 is 0 Å². The molecule has 1 atom stereocenters. The molecular formula is C3H5Cl2O7P. The van der Waals surface area contributed by atoms with Crippen molar-refractivity contribution in [2.24, 2.45) is 0 Å². The summed E-state index contributed by atoms with van der Waals surface area (Å²) in [6, 6.07) is 0. The molecule has 0 aromatic rings. The molecule has 0 fully saturated rings. The van der Waals surface area contributed by atoms with Gasteiger partial charge in [0.2, 0.25) is 0 Å². The SMILES string of the molecule is O=C(OP(=O)(OCl)OCl)C(O)CO. The highest BCUT2D eigenvalue weighted by atomic mass is 35.5.